The Bertz CT molecular complexity index is 883. The van der Waals surface area contributed by atoms with Crippen LogP contribution in [0.3, 0.4) is 0 Å². The molecule has 0 bridgehead atoms. The van der Waals surface area contributed by atoms with E-state index in [1.54, 1.807) is 6.92 Å². The van der Waals surface area contributed by atoms with Gasteiger partial charge in [0.25, 0.3) is 5.56 Å². The second kappa shape index (κ2) is 9.79. The van der Waals surface area contributed by atoms with Gasteiger partial charge in [-0.1, -0.05) is 0 Å². The lowest BCUT2D eigenvalue weighted by Crippen LogP contribution is -2.35. The lowest BCUT2D eigenvalue weighted by Gasteiger charge is -2.23. The fourth-order valence-corrected chi connectivity index (χ4v) is 4.24. The zero-order valence-corrected chi connectivity index (χ0v) is 17.5. The third kappa shape index (κ3) is 5.84. The molecule has 1 aromatic rings. The van der Waals surface area contributed by atoms with Crippen molar-refractivity contribution in [2.24, 2.45) is 0 Å². The molecule has 12 nitrogen and oxygen atoms in total. The molecule has 1 aromatic heterocycles. The third-order valence-corrected chi connectivity index (χ3v) is 6.07. The van der Waals surface area contributed by atoms with Crippen LogP contribution in [0.15, 0.2) is 15.8 Å². The third-order valence-electron chi connectivity index (χ3n) is 4.27. The second-order valence-electron chi connectivity index (χ2n) is 6.50. The maximum absolute atomic E-state index is 12.8. The van der Waals surface area contributed by atoms with Crippen molar-refractivity contribution in [3.8, 4) is 0 Å². The number of hydrogen-bond donors (Lipinski definition) is 3. The van der Waals surface area contributed by atoms with Crippen molar-refractivity contribution in [2.45, 2.75) is 51.7 Å². The minimum atomic E-state index is -3.90. The maximum Gasteiger partial charge on any atom is 0.406 e. The topological polar surface area (TPSA) is 158 Å². The molecular weight excluding hydrogens is 409 g/mol. The predicted molar refractivity (Wildman–Crippen MR) is 100 cm³/mol. The van der Waals surface area contributed by atoms with Crippen molar-refractivity contribution >= 4 is 13.7 Å². The van der Waals surface area contributed by atoms with Gasteiger partial charge in [-0.15, -0.1) is 0 Å². The molecule has 0 radical (unpaired) electrons. The molecule has 1 aliphatic heterocycles. The standard InChI is InChI=1S/C16H26N3O9P/c1-5-26-29(24,18-10(3)15(22)25-4)27-8-12-11(20)6-13(28-12)19-7-9(2)14(21)17-16(19)23/h7,10-13,20H,5-6,8H2,1-4H3,(H,18,24)(H,17,21,23)/t10?,11-,12+,13+,29?/m0/s1. The summed E-state index contributed by atoms with van der Waals surface area (Å²) < 4.78 is 34.6. The molecule has 5 atom stereocenters. The molecule has 0 aliphatic carbocycles. The number of nitrogens with zero attached hydrogens (tertiary/aromatic N) is 1. The van der Waals surface area contributed by atoms with Gasteiger partial charge in [-0.3, -0.25) is 28.2 Å². The quantitative estimate of drug-likeness (QED) is 0.350. The molecular formula is C16H26N3O9P. The number of aliphatic hydroxyl groups is 1. The summed E-state index contributed by atoms with van der Waals surface area (Å²) >= 11 is 0. The van der Waals surface area contributed by atoms with Gasteiger partial charge in [-0.05, 0) is 20.8 Å². The first kappa shape index (κ1) is 23.5. The summed E-state index contributed by atoms with van der Waals surface area (Å²) in [6.45, 7) is 4.28. The van der Waals surface area contributed by atoms with Gasteiger partial charge in [-0.25, -0.2) is 14.4 Å². The number of ether oxygens (including phenoxy) is 2. The number of aromatic amines is 1. The van der Waals surface area contributed by atoms with Crippen LogP contribution in [0.25, 0.3) is 0 Å². The Morgan fingerprint density at radius 1 is 1.48 bits per heavy atom. The second-order valence-corrected chi connectivity index (χ2v) is 8.27. The molecule has 3 N–H and O–H groups in total. The van der Waals surface area contributed by atoms with E-state index < -0.39 is 49.4 Å². The number of rotatable bonds is 9. The van der Waals surface area contributed by atoms with E-state index in [1.165, 1.54) is 31.7 Å². The van der Waals surface area contributed by atoms with E-state index in [1.807, 2.05) is 0 Å². The SMILES string of the molecule is CCOP(=O)(NC(C)C(=O)OC)OC[C@H]1O[C@@H](n2cc(C)c(=O)[nH]c2=O)C[C@@H]1O. The van der Waals surface area contributed by atoms with E-state index in [-0.39, 0.29) is 19.6 Å². The van der Waals surface area contributed by atoms with Crippen LogP contribution in [0, 0.1) is 6.92 Å². The Hall–Kier alpha value is -1.82. The highest BCUT2D eigenvalue weighted by Gasteiger charge is 2.38. The van der Waals surface area contributed by atoms with E-state index in [0.29, 0.717) is 5.56 Å². The van der Waals surface area contributed by atoms with Crippen LogP contribution in [0.2, 0.25) is 0 Å². The summed E-state index contributed by atoms with van der Waals surface area (Å²) in [6, 6.07) is -0.956. The summed E-state index contributed by atoms with van der Waals surface area (Å²) in [5.41, 5.74) is -0.870. The van der Waals surface area contributed by atoms with Gasteiger partial charge < -0.3 is 14.6 Å². The highest BCUT2D eigenvalue weighted by molar-refractivity contribution is 7.51. The van der Waals surface area contributed by atoms with Crippen molar-refractivity contribution in [2.75, 3.05) is 20.3 Å². The first-order valence-electron chi connectivity index (χ1n) is 9.00. The van der Waals surface area contributed by atoms with Crippen molar-refractivity contribution in [1.82, 2.24) is 14.6 Å². The molecule has 0 saturated carbocycles. The molecule has 29 heavy (non-hydrogen) atoms. The molecule has 2 heterocycles. The number of nitrogens with one attached hydrogen (secondary N) is 2. The van der Waals surface area contributed by atoms with Crippen molar-refractivity contribution in [3.05, 3.63) is 32.6 Å². The Labute approximate surface area is 166 Å². The van der Waals surface area contributed by atoms with E-state index in [0.717, 1.165) is 0 Å². The highest BCUT2D eigenvalue weighted by atomic mass is 31.2. The molecule has 13 heteroatoms. The molecule has 0 spiro atoms. The van der Waals surface area contributed by atoms with Crippen molar-refractivity contribution in [3.63, 3.8) is 0 Å². The average molecular weight is 435 g/mol. The summed E-state index contributed by atoms with van der Waals surface area (Å²) in [5.74, 6) is -0.654. The minimum Gasteiger partial charge on any atom is -0.468 e. The first-order valence-corrected chi connectivity index (χ1v) is 10.5. The molecule has 1 aliphatic rings. The van der Waals surface area contributed by atoms with Gasteiger partial charge in [0.2, 0.25) is 0 Å². The molecule has 0 amide bonds. The van der Waals surface area contributed by atoms with E-state index in [4.69, 9.17) is 13.8 Å². The fourth-order valence-electron chi connectivity index (χ4n) is 2.76. The van der Waals surface area contributed by atoms with Gasteiger partial charge in [0.15, 0.2) is 0 Å². The number of methoxy groups -OCH3 is 1. The predicted octanol–water partition coefficient (Wildman–Crippen LogP) is -0.194. The summed E-state index contributed by atoms with van der Waals surface area (Å²) in [5, 5.41) is 12.7. The van der Waals surface area contributed by atoms with Crippen LogP contribution in [0.5, 0.6) is 0 Å². The average Bonchev–Trinajstić information content (AvgIpc) is 3.03. The fraction of sp³-hybridized carbons (Fsp3) is 0.688. The van der Waals surface area contributed by atoms with Gasteiger partial charge >= 0.3 is 19.4 Å². The van der Waals surface area contributed by atoms with Gasteiger partial charge in [0.05, 0.1) is 26.4 Å². The number of carbonyl (C=O) groups is 1. The van der Waals surface area contributed by atoms with Crippen LogP contribution < -0.4 is 16.3 Å². The Balaban J connectivity index is 2.06. The smallest absolute Gasteiger partial charge is 0.406 e. The molecule has 164 valence electrons. The summed E-state index contributed by atoms with van der Waals surface area (Å²) in [7, 11) is -2.70. The lowest BCUT2D eigenvalue weighted by atomic mass is 10.2. The van der Waals surface area contributed by atoms with Crippen LogP contribution in [0.4, 0.5) is 0 Å². The van der Waals surface area contributed by atoms with Crippen LogP contribution in [-0.2, 0) is 27.9 Å². The van der Waals surface area contributed by atoms with Gasteiger partial charge in [-0.2, -0.15) is 0 Å². The number of aliphatic hydroxyl groups excluding tert-OH is 1. The van der Waals surface area contributed by atoms with E-state index >= 15 is 0 Å². The monoisotopic (exact) mass is 435 g/mol. The number of aromatic nitrogens is 2. The molecule has 2 unspecified atom stereocenters. The van der Waals surface area contributed by atoms with Crippen molar-refractivity contribution in [1.29, 1.82) is 0 Å². The number of hydrogen-bond acceptors (Lipinski definition) is 9. The number of H-pyrrole nitrogens is 1. The minimum absolute atomic E-state index is 0.0426. The maximum atomic E-state index is 12.8. The van der Waals surface area contributed by atoms with Crippen LogP contribution >= 0.6 is 7.75 Å². The first-order chi connectivity index (χ1) is 13.6. The summed E-state index contributed by atoms with van der Waals surface area (Å²) in [6.07, 6.45) is -1.37. The van der Waals surface area contributed by atoms with Gasteiger partial charge in [0.1, 0.15) is 18.4 Å². The normalized spacial score (nSPS) is 24.8. The van der Waals surface area contributed by atoms with Crippen LogP contribution in [0.1, 0.15) is 32.1 Å². The molecule has 2 rings (SSSR count). The highest BCUT2D eigenvalue weighted by Crippen LogP contribution is 2.45. The lowest BCUT2D eigenvalue weighted by molar-refractivity contribution is -0.142. The van der Waals surface area contributed by atoms with E-state index in [9.17, 15) is 24.1 Å². The number of carbonyl (C=O) groups excluding carboxylic acids is 1. The Morgan fingerprint density at radius 2 is 2.17 bits per heavy atom. The van der Waals surface area contributed by atoms with E-state index in [2.05, 4.69) is 14.8 Å². The zero-order valence-electron chi connectivity index (χ0n) is 16.6. The number of aryl methyl sites for hydroxylation is 1. The zero-order chi connectivity index (χ0) is 21.8. The Morgan fingerprint density at radius 3 is 2.79 bits per heavy atom. The number of esters is 1. The van der Waals surface area contributed by atoms with Crippen LogP contribution in [-0.4, -0.2) is 59.2 Å². The summed E-state index contributed by atoms with van der Waals surface area (Å²) in [4.78, 5) is 37.2. The molecule has 1 saturated heterocycles. The molecule has 1 fully saturated rings. The Kier molecular flexibility index (Phi) is 7.92. The molecule has 0 aromatic carbocycles. The largest absolute Gasteiger partial charge is 0.468 e. The van der Waals surface area contributed by atoms with Gasteiger partial charge in [0, 0.05) is 18.2 Å². The van der Waals surface area contributed by atoms with Crippen molar-refractivity contribution < 1.29 is 33.0 Å².